The maximum Gasteiger partial charge on any atom is 0.223 e. The van der Waals surface area contributed by atoms with Crippen molar-refractivity contribution in [1.29, 1.82) is 0 Å². The van der Waals surface area contributed by atoms with E-state index in [2.05, 4.69) is 22.3 Å². The highest BCUT2D eigenvalue weighted by molar-refractivity contribution is 5.79. The molecule has 2 aromatic carbocycles. The van der Waals surface area contributed by atoms with Gasteiger partial charge in [0.05, 0.1) is 17.7 Å². The highest BCUT2D eigenvalue weighted by Crippen LogP contribution is 2.38. The molecule has 1 heterocycles. The molecular weight excluding hydrogens is 379 g/mol. The predicted octanol–water partition coefficient (Wildman–Crippen LogP) is 4.20. The molecule has 2 aliphatic rings. The van der Waals surface area contributed by atoms with E-state index in [0.717, 1.165) is 36.8 Å². The lowest BCUT2D eigenvalue weighted by atomic mass is 9.79. The Labute approximate surface area is 178 Å². The number of piperidine rings is 1. The number of nitrogens with one attached hydrogen (secondary N) is 1. The highest BCUT2D eigenvalue weighted by Gasteiger charge is 2.46. The van der Waals surface area contributed by atoms with E-state index < -0.39 is 11.6 Å². The molecule has 0 bridgehead atoms. The first kappa shape index (κ1) is 21.0. The number of likely N-dealkylation sites (tertiary alicyclic amines) is 1. The van der Waals surface area contributed by atoms with Crippen molar-refractivity contribution in [3.8, 4) is 0 Å². The van der Waals surface area contributed by atoms with Crippen molar-refractivity contribution < 1.29 is 14.3 Å². The summed E-state index contributed by atoms with van der Waals surface area (Å²) in [6.45, 7) is 3.16. The zero-order valence-corrected chi connectivity index (χ0v) is 17.6. The van der Waals surface area contributed by atoms with Crippen LogP contribution in [0.2, 0.25) is 0 Å². The molecule has 30 heavy (non-hydrogen) atoms. The Morgan fingerprint density at radius 2 is 1.80 bits per heavy atom. The first-order valence-corrected chi connectivity index (χ1v) is 11.0. The average molecular weight is 411 g/mol. The molecule has 4 nitrogen and oxygen atoms in total. The quantitative estimate of drug-likeness (QED) is 0.777. The minimum Gasteiger partial charge on any atom is -0.388 e. The molecule has 1 saturated carbocycles. The van der Waals surface area contributed by atoms with Crippen LogP contribution in [-0.2, 0) is 11.3 Å². The second-order valence-electron chi connectivity index (χ2n) is 9.03. The molecule has 1 aliphatic carbocycles. The Morgan fingerprint density at radius 1 is 1.13 bits per heavy atom. The Hall–Kier alpha value is -2.24. The van der Waals surface area contributed by atoms with E-state index in [0.29, 0.717) is 19.5 Å². The topological polar surface area (TPSA) is 52.6 Å². The van der Waals surface area contributed by atoms with Gasteiger partial charge in [-0.3, -0.25) is 9.69 Å². The van der Waals surface area contributed by atoms with E-state index in [4.69, 9.17) is 0 Å². The third kappa shape index (κ3) is 4.57. The SMILES string of the molecule is CC1(O)CCN(Cc2ccc(F)cc2)C(c2ccccc2)C1NC(=O)C1CCCC1. The Morgan fingerprint density at radius 3 is 2.47 bits per heavy atom. The molecule has 1 aliphatic heterocycles. The zero-order valence-electron chi connectivity index (χ0n) is 17.6. The first-order valence-electron chi connectivity index (χ1n) is 11.0. The second-order valence-corrected chi connectivity index (χ2v) is 9.03. The van der Waals surface area contributed by atoms with Gasteiger partial charge in [0.1, 0.15) is 5.82 Å². The Bertz CT molecular complexity index is 847. The van der Waals surface area contributed by atoms with E-state index >= 15 is 0 Å². The van der Waals surface area contributed by atoms with Crippen LogP contribution in [0, 0.1) is 11.7 Å². The van der Waals surface area contributed by atoms with Crippen LogP contribution in [0.4, 0.5) is 4.39 Å². The van der Waals surface area contributed by atoms with Gasteiger partial charge in [0, 0.05) is 19.0 Å². The van der Waals surface area contributed by atoms with Crippen LogP contribution in [0.5, 0.6) is 0 Å². The predicted molar refractivity (Wildman–Crippen MR) is 115 cm³/mol. The molecule has 2 aromatic rings. The third-order valence-electron chi connectivity index (χ3n) is 6.75. The van der Waals surface area contributed by atoms with Crippen LogP contribution < -0.4 is 5.32 Å². The molecule has 2 fully saturated rings. The molecule has 1 amide bonds. The van der Waals surface area contributed by atoms with E-state index in [1.54, 1.807) is 12.1 Å². The molecular formula is C25H31FN2O2. The summed E-state index contributed by atoms with van der Waals surface area (Å²) in [5.41, 5.74) is 1.07. The lowest BCUT2D eigenvalue weighted by molar-refractivity contribution is -0.132. The summed E-state index contributed by atoms with van der Waals surface area (Å²) in [6, 6.07) is 16.0. The number of halogens is 1. The Balaban J connectivity index is 1.64. The van der Waals surface area contributed by atoms with Gasteiger partial charge in [0.15, 0.2) is 0 Å². The first-order chi connectivity index (χ1) is 14.4. The lowest BCUT2D eigenvalue weighted by Gasteiger charge is -2.49. The number of rotatable bonds is 5. The van der Waals surface area contributed by atoms with Gasteiger partial charge in [0.25, 0.3) is 0 Å². The molecule has 3 unspecified atom stereocenters. The number of amides is 1. The normalized spacial score (nSPS) is 27.8. The summed E-state index contributed by atoms with van der Waals surface area (Å²) in [5.74, 6) is -0.145. The van der Waals surface area contributed by atoms with Crippen LogP contribution in [0.1, 0.15) is 56.2 Å². The van der Waals surface area contributed by atoms with E-state index in [9.17, 15) is 14.3 Å². The number of hydrogen-bond acceptors (Lipinski definition) is 3. The van der Waals surface area contributed by atoms with Gasteiger partial charge >= 0.3 is 0 Å². The van der Waals surface area contributed by atoms with Gasteiger partial charge in [-0.05, 0) is 49.4 Å². The van der Waals surface area contributed by atoms with Crippen molar-refractivity contribution in [1.82, 2.24) is 10.2 Å². The number of aliphatic hydroxyl groups is 1. The molecule has 0 radical (unpaired) electrons. The Kier molecular flexibility index (Phi) is 6.21. The van der Waals surface area contributed by atoms with Gasteiger partial charge in [-0.15, -0.1) is 0 Å². The second kappa shape index (κ2) is 8.86. The largest absolute Gasteiger partial charge is 0.388 e. The number of carbonyl (C=O) groups is 1. The summed E-state index contributed by atoms with van der Waals surface area (Å²) in [4.78, 5) is 15.3. The summed E-state index contributed by atoms with van der Waals surface area (Å²) in [5, 5.41) is 14.5. The standard InChI is InChI=1S/C25H31FN2O2/c1-25(30)15-16-28(17-18-11-13-21(26)14-12-18)22(19-7-3-2-4-8-19)23(25)27-24(29)20-9-5-6-10-20/h2-4,7-8,11-14,20,22-23,30H,5-6,9-10,15-17H2,1H3,(H,27,29). The van der Waals surface area contributed by atoms with E-state index in [-0.39, 0.29) is 23.7 Å². The average Bonchev–Trinajstić information content (AvgIpc) is 3.28. The van der Waals surface area contributed by atoms with Crippen molar-refractivity contribution in [3.05, 3.63) is 71.5 Å². The van der Waals surface area contributed by atoms with Gasteiger partial charge in [0.2, 0.25) is 5.91 Å². The molecule has 0 aromatic heterocycles. The lowest BCUT2D eigenvalue weighted by Crippen LogP contribution is -2.62. The third-order valence-corrected chi connectivity index (χ3v) is 6.75. The van der Waals surface area contributed by atoms with E-state index in [1.165, 1.54) is 12.1 Å². The molecule has 160 valence electrons. The fourth-order valence-corrected chi connectivity index (χ4v) is 4.96. The van der Waals surface area contributed by atoms with E-state index in [1.807, 2.05) is 25.1 Å². The van der Waals surface area contributed by atoms with Gasteiger partial charge in [-0.2, -0.15) is 0 Å². The summed E-state index contributed by atoms with van der Waals surface area (Å²) in [6.07, 6.45) is 4.61. The fourth-order valence-electron chi connectivity index (χ4n) is 4.96. The number of nitrogens with zero attached hydrogens (tertiary/aromatic N) is 1. The molecule has 4 rings (SSSR count). The van der Waals surface area contributed by atoms with Crippen LogP contribution in [-0.4, -0.2) is 34.1 Å². The van der Waals surface area contributed by atoms with Gasteiger partial charge in [-0.25, -0.2) is 4.39 Å². The van der Waals surface area contributed by atoms with Crippen LogP contribution >= 0.6 is 0 Å². The molecule has 5 heteroatoms. The number of benzene rings is 2. The van der Waals surface area contributed by atoms with Crippen LogP contribution in [0.25, 0.3) is 0 Å². The van der Waals surface area contributed by atoms with Crippen molar-refractivity contribution in [3.63, 3.8) is 0 Å². The van der Waals surface area contributed by atoms with Crippen LogP contribution in [0.3, 0.4) is 0 Å². The van der Waals surface area contributed by atoms with Crippen molar-refractivity contribution in [2.45, 2.75) is 63.3 Å². The summed E-state index contributed by atoms with van der Waals surface area (Å²) >= 11 is 0. The number of hydrogen-bond donors (Lipinski definition) is 2. The maximum atomic E-state index is 13.4. The summed E-state index contributed by atoms with van der Waals surface area (Å²) < 4.78 is 13.4. The van der Waals surface area contributed by atoms with Crippen LogP contribution in [0.15, 0.2) is 54.6 Å². The van der Waals surface area contributed by atoms with Gasteiger partial charge in [-0.1, -0.05) is 55.3 Å². The van der Waals surface area contributed by atoms with Crippen molar-refractivity contribution in [2.24, 2.45) is 5.92 Å². The zero-order chi connectivity index (χ0) is 21.1. The molecule has 3 atom stereocenters. The fraction of sp³-hybridized carbons (Fsp3) is 0.480. The maximum absolute atomic E-state index is 13.4. The van der Waals surface area contributed by atoms with Crippen molar-refractivity contribution >= 4 is 5.91 Å². The molecule has 2 N–H and O–H groups in total. The highest BCUT2D eigenvalue weighted by atomic mass is 19.1. The minimum atomic E-state index is -1.01. The molecule has 1 saturated heterocycles. The van der Waals surface area contributed by atoms with Gasteiger partial charge < -0.3 is 10.4 Å². The van der Waals surface area contributed by atoms with Crippen molar-refractivity contribution in [2.75, 3.05) is 6.54 Å². The smallest absolute Gasteiger partial charge is 0.223 e. The summed E-state index contributed by atoms with van der Waals surface area (Å²) in [7, 11) is 0. The monoisotopic (exact) mass is 410 g/mol. The minimum absolute atomic E-state index is 0.0460. The number of carbonyl (C=O) groups excluding carboxylic acids is 1. The molecule has 0 spiro atoms.